The second-order valence-electron chi connectivity index (χ2n) is 6.94. The van der Waals surface area contributed by atoms with Crippen molar-refractivity contribution < 1.29 is 4.74 Å². The van der Waals surface area contributed by atoms with Gasteiger partial charge in [0.05, 0.1) is 13.2 Å². The van der Waals surface area contributed by atoms with Crippen molar-refractivity contribution >= 4 is 28.7 Å². The van der Waals surface area contributed by atoms with E-state index in [0.29, 0.717) is 5.11 Å². The van der Waals surface area contributed by atoms with E-state index in [1.54, 1.807) is 7.11 Å². The van der Waals surface area contributed by atoms with E-state index in [9.17, 15) is 0 Å². The van der Waals surface area contributed by atoms with Crippen LogP contribution >= 0.6 is 12.2 Å². The lowest BCUT2D eigenvalue weighted by Gasteiger charge is -2.36. The van der Waals surface area contributed by atoms with Gasteiger partial charge in [-0.1, -0.05) is 18.2 Å². The summed E-state index contributed by atoms with van der Waals surface area (Å²) in [6.45, 7) is 0. The Morgan fingerprint density at radius 2 is 1.85 bits per heavy atom. The van der Waals surface area contributed by atoms with Crippen molar-refractivity contribution in [3.63, 3.8) is 0 Å². The molecule has 0 radical (unpaired) electrons. The normalized spacial score (nSPS) is 18.4. The minimum atomic E-state index is 0.106. The quantitative estimate of drug-likeness (QED) is 0.812. The number of benzene rings is 2. The van der Waals surface area contributed by atoms with Gasteiger partial charge in [-0.2, -0.15) is 0 Å². The van der Waals surface area contributed by atoms with Gasteiger partial charge in [0.25, 0.3) is 0 Å². The van der Waals surface area contributed by atoms with Gasteiger partial charge in [0, 0.05) is 31.0 Å². The molecule has 0 bridgehead atoms. The van der Waals surface area contributed by atoms with Crippen molar-refractivity contribution in [3.8, 4) is 5.75 Å². The van der Waals surface area contributed by atoms with Crippen LogP contribution in [0.4, 0.5) is 5.69 Å². The van der Waals surface area contributed by atoms with E-state index in [1.165, 1.54) is 28.0 Å². The summed E-state index contributed by atoms with van der Waals surface area (Å²) >= 11 is 5.51. The van der Waals surface area contributed by atoms with Crippen LogP contribution in [0.5, 0.6) is 5.75 Å². The minimum absolute atomic E-state index is 0.106. The third kappa shape index (κ3) is 2.92. The molecule has 0 fully saturated rings. The Hall–Kier alpha value is -2.53. The Morgan fingerprint density at radius 3 is 2.54 bits per heavy atom. The molecular formula is C21H23N3OS. The van der Waals surface area contributed by atoms with Crippen LogP contribution < -0.4 is 20.3 Å². The second-order valence-corrected chi connectivity index (χ2v) is 7.35. The van der Waals surface area contributed by atoms with Crippen LogP contribution in [0, 0.1) is 0 Å². The maximum absolute atomic E-state index is 5.51. The summed E-state index contributed by atoms with van der Waals surface area (Å²) < 4.78 is 5.43. The number of aryl methyl sites for hydroxylation is 1. The Kier molecular flexibility index (Phi) is 4.32. The maximum atomic E-state index is 5.51. The van der Waals surface area contributed by atoms with E-state index in [-0.39, 0.29) is 6.04 Å². The lowest BCUT2D eigenvalue weighted by molar-refractivity contribution is 0.414. The molecule has 2 aromatic carbocycles. The molecule has 1 atom stereocenters. The van der Waals surface area contributed by atoms with Gasteiger partial charge in [0.1, 0.15) is 5.75 Å². The molecule has 4 rings (SSSR count). The Labute approximate surface area is 159 Å². The molecule has 1 heterocycles. The number of anilines is 1. The number of methoxy groups -OCH3 is 1. The summed E-state index contributed by atoms with van der Waals surface area (Å²) in [5, 5.41) is 7.52. The van der Waals surface area contributed by atoms with Crippen molar-refractivity contribution in [2.45, 2.75) is 18.9 Å². The van der Waals surface area contributed by atoms with Crippen LogP contribution in [0.3, 0.4) is 0 Å². The van der Waals surface area contributed by atoms with Gasteiger partial charge < -0.3 is 20.3 Å². The molecule has 0 saturated carbocycles. The molecule has 26 heavy (non-hydrogen) atoms. The van der Waals surface area contributed by atoms with E-state index >= 15 is 0 Å². The number of fused-ring (bicyclic) bond motifs is 2. The summed E-state index contributed by atoms with van der Waals surface area (Å²) in [5.74, 6) is 0.871. The number of nitrogens with zero attached hydrogens (tertiary/aromatic N) is 1. The maximum Gasteiger partial charge on any atom is 0.171 e. The molecule has 0 unspecified atom stereocenters. The zero-order valence-electron chi connectivity index (χ0n) is 15.3. The largest absolute Gasteiger partial charge is 0.497 e. The fourth-order valence-corrected chi connectivity index (χ4v) is 3.97. The van der Waals surface area contributed by atoms with Crippen LogP contribution in [0.2, 0.25) is 0 Å². The van der Waals surface area contributed by atoms with Gasteiger partial charge in [-0.25, -0.2) is 0 Å². The van der Waals surface area contributed by atoms with Gasteiger partial charge in [0.15, 0.2) is 5.11 Å². The first-order valence-electron chi connectivity index (χ1n) is 8.82. The molecule has 4 nitrogen and oxygen atoms in total. The summed E-state index contributed by atoms with van der Waals surface area (Å²) in [4.78, 5) is 2.11. The molecule has 0 amide bonds. The van der Waals surface area contributed by atoms with Crippen molar-refractivity contribution in [1.29, 1.82) is 0 Å². The van der Waals surface area contributed by atoms with Crippen LogP contribution in [0.15, 0.2) is 48.0 Å². The third-order valence-corrected chi connectivity index (χ3v) is 5.40. The third-order valence-electron chi connectivity index (χ3n) is 5.18. The minimum Gasteiger partial charge on any atom is -0.497 e. The monoisotopic (exact) mass is 365 g/mol. The number of thiocarbonyl (C=S) groups is 1. The molecule has 1 aliphatic heterocycles. The van der Waals surface area contributed by atoms with Gasteiger partial charge in [0.2, 0.25) is 0 Å². The standard InChI is InChI=1S/C21H23N3OS/c1-24(2)15-8-4-14(5-9-15)19-17-11-7-13-6-10-16(25-3)12-18(13)20(17)23-21(26)22-19/h4-6,8-10,12,19H,7,11H2,1-3H3,(H2,22,23,26)/t19-/m0/s1. The summed E-state index contributed by atoms with van der Waals surface area (Å²) in [5.41, 5.74) is 7.46. The number of hydrogen-bond donors (Lipinski definition) is 2. The van der Waals surface area contributed by atoms with E-state index in [4.69, 9.17) is 17.0 Å². The molecular weight excluding hydrogens is 342 g/mol. The van der Waals surface area contributed by atoms with Crippen molar-refractivity contribution in [2.24, 2.45) is 0 Å². The zero-order valence-corrected chi connectivity index (χ0v) is 16.1. The fourth-order valence-electron chi connectivity index (χ4n) is 3.75. The van der Waals surface area contributed by atoms with Gasteiger partial charge >= 0.3 is 0 Å². The fraction of sp³-hybridized carbons (Fsp3) is 0.286. The lowest BCUT2D eigenvalue weighted by atomic mass is 9.82. The summed E-state index contributed by atoms with van der Waals surface area (Å²) in [7, 11) is 5.81. The van der Waals surface area contributed by atoms with Crippen molar-refractivity contribution in [2.75, 3.05) is 26.1 Å². The molecule has 2 aromatic rings. The predicted octanol–water partition coefficient (Wildman–Crippen LogP) is 3.64. The Morgan fingerprint density at radius 1 is 1.08 bits per heavy atom. The highest BCUT2D eigenvalue weighted by molar-refractivity contribution is 7.80. The molecule has 0 spiro atoms. The van der Waals surface area contributed by atoms with E-state index in [2.05, 4.69) is 66.0 Å². The molecule has 134 valence electrons. The number of rotatable bonds is 3. The molecule has 0 saturated heterocycles. The van der Waals surface area contributed by atoms with Gasteiger partial charge in [-0.05, 0) is 66.0 Å². The number of nitrogens with one attached hydrogen (secondary N) is 2. The molecule has 0 aromatic heterocycles. The van der Waals surface area contributed by atoms with Crippen LogP contribution in [-0.2, 0) is 6.42 Å². The molecule has 2 aliphatic rings. The van der Waals surface area contributed by atoms with Crippen molar-refractivity contribution in [1.82, 2.24) is 10.6 Å². The summed E-state index contributed by atoms with van der Waals surface area (Å²) in [6, 6.07) is 15.1. The van der Waals surface area contributed by atoms with Gasteiger partial charge in [-0.3, -0.25) is 0 Å². The predicted molar refractivity (Wildman–Crippen MR) is 111 cm³/mol. The first-order valence-corrected chi connectivity index (χ1v) is 9.23. The van der Waals surface area contributed by atoms with Crippen LogP contribution in [0.25, 0.3) is 5.70 Å². The average molecular weight is 366 g/mol. The highest BCUT2D eigenvalue weighted by Crippen LogP contribution is 2.40. The summed E-state index contributed by atoms with van der Waals surface area (Å²) in [6.07, 6.45) is 2.04. The van der Waals surface area contributed by atoms with Crippen molar-refractivity contribution in [3.05, 3.63) is 64.7 Å². The Bertz CT molecular complexity index is 887. The van der Waals surface area contributed by atoms with Gasteiger partial charge in [-0.15, -0.1) is 0 Å². The second kappa shape index (κ2) is 6.65. The number of hydrogen-bond acceptors (Lipinski definition) is 3. The first kappa shape index (κ1) is 16.9. The highest BCUT2D eigenvalue weighted by Gasteiger charge is 2.31. The van der Waals surface area contributed by atoms with Crippen LogP contribution in [-0.4, -0.2) is 26.3 Å². The van der Waals surface area contributed by atoms with E-state index in [0.717, 1.165) is 24.3 Å². The highest BCUT2D eigenvalue weighted by atomic mass is 32.1. The van der Waals surface area contributed by atoms with E-state index in [1.807, 2.05) is 6.07 Å². The Balaban J connectivity index is 1.78. The van der Waals surface area contributed by atoms with E-state index < -0.39 is 0 Å². The molecule has 5 heteroatoms. The topological polar surface area (TPSA) is 36.5 Å². The zero-order chi connectivity index (χ0) is 18.3. The SMILES string of the molecule is COc1ccc2c(c1)C1=C(CC2)[C@H](c2ccc(N(C)C)cc2)NC(=S)N1. The van der Waals surface area contributed by atoms with Crippen LogP contribution in [0.1, 0.15) is 29.2 Å². The molecule has 2 N–H and O–H groups in total. The first-order chi connectivity index (χ1) is 12.6. The smallest absolute Gasteiger partial charge is 0.171 e. The average Bonchev–Trinajstić information content (AvgIpc) is 2.66. The molecule has 1 aliphatic carbocycles. The number of ether oxygens (including phenoxy) is 1. The lowest BCUT2D eigenvalue weighted by Crippen LogP contribution is -2.44.